The third-order valence-electron chi connectivity index (χ3n) is 3.62. The molecule has 6 nitrogen and oxygen atoms in total. The number of hydroxylamine groups is 2. The van der Waals surface area contributed by atoms with Gasteiger partial charge >= 0.3 is 0 Å². The molecule has 1 aliphatic rings. The molecule has 1 N–H and O–H groups in total. The van der Waals surface area contributed by atoms with Crippen molar-refractivity contribution >= 4 is 19.0 Å². The second-order valence-corrected chi connectivity index (χ2v) is 9.49. The third-order valence-corrected chi connectivity index (χ3v) is 4.65. The van der Waals surface area contributed by atoms with Gasteiger partial charge in [-0.1, -0.05) is 12.2 Å². The predicted octanol–water partition coefficient (Wildman–Crippen LogP) is 1.78. The van der Waals surface area contributed by atoms with Crippen molar-refractivity contribution in [2.75, 3.05) is 26.5 Å². The summed E-state index contributed by atoms with van der Waals surface area (Å²) in [5.41, 5.74) is 0. The minimum Gasteiger partial charge on any atom is -0.334 e. The lowest BCUT2D eigenvalue weighted by atomic mass is 10.0. The Hall–Kier alpha value is -1.13. The molecule has 1 rings (SSSR count). The quantitative estimate of drug-likeness (QED) is 0.363. The van der Waals surface area contributed by atoms with Crippen LogP contribution >= 0.6 is 7.14 Å². The van der Waals surface area contributed by atoms with Gasteiger partial charge in [0.05, 0.1) is 19.3 Å². The molecule has 21 heavy (non-hydrogen) atoms. The van der Waals surface area contributed by atoms with Gasteiger partial charge < -0.3 is 9.46 Å². The highest BCUT2D eigenvalue weighted by atomic mass is 31.2. The molecule has 1 aliphatic carbocycles. The Morgan fingerprint density at radius 2 is 2.05 bits per heavy atom. The van der Waals surface area contributed by atoms with Crippen molar-refractivity contribution in [3.63, 3.8) is 0 Å². The number of carbonyl (C=O) groups excluding carboxylic acids is 2. The summed E-state index contributed by atoms with van der Waals surface area (Å²) in [4.78, 5) is 25.5. The molecule has 2 atom stereocenters. The van der Waals surface area contributed by atoms with Crippen molar-refractivity contribution in [3.8, 4) is 0 Å². The highest BCUT2D eigenvalue weighted by Crippen LogP contribution is 2.35. The average molecular weight is 316 g/mol. The Bertz CT molecular complexity index is 472. The lowest BCUT2D eigenvalue weighted by Crippen LogP contribution is -2.50. The lowest BCUT2D eigenvalue weighted by molar-refractivity contribution is -0.178. The van der Waals surface area contributed by atoms with Gasteiger partial charge in [-0.2, -0.15) is 0 Å². The molecule has 0 spiro atoms. The minimum atomic E-state index is -2.49. The van der Waals surface area contributed by atoms with Gasteiger partial charge in [0.2, 0.25) is 5.91 Å². The van der Waals surface area contributed by atoms with Gasteiger partial charge in [0.25, 0.3) is 5.91 Å². The fourth-order valence-electron chi connectivity index (χ4n) is 2.17. The van der Waals surface area contributed by atoms with E-state index in [1.165, 1.54) is 25.3 Å². The van der Waals surface area contributed by atoms with Crippen LogP contribution in [0.2, 0.25) is 0 Å². The van der Waals surface area contributed by atoms with Crippen molar-refractivity contribution in [1.29, 1.82) is 0 Å². The normalized spacial score (nSPS) is 20.0. The van der Waals surface area contributed by atoms with Crippen molar-refractivity contribution in [3.05, 3.63) is 12.2 Å². The SMILES string of the molecule is CC(C(=O)N(O)C1C=CCCC1)N(C)C(=O)CP(C)(C)=O. The van der Waals surface area contributed by atoms with Gasteiger partial charge in [-0.25, -0.2) is 5.06 Å². The van der Waals surface area contributed by atoms with E-state index in [-0.39, 0.29) is 18.1 Å². The molecule has 0 heterocycles. The molecule has 0 bridgehead atoms. The van der Waals surface area contributed by atoms with Crippen LogP contribution in [0.3, 0.4) is 0 Å². The van der Waals surface area contributed by atoms with Gasteiger partial charge in [0.15, 0.2) is 0 Å². The molecule has 0 aromatic carbocycles. The van der Waals surface area contributed by atoms with E-state index in [4.69, 9.17) is 0 Å². The topological polar surface area (TPSA) is 77.9 Å². The smallest absolute Gasteiger partial charge is 0.268 e. The zero-order valence-electron chi connectivity index (χ0n) is 13.2. The first-order valence-corrected chi connectivity index (χ1v) is 9.90. The van der Waals surface area contributed by atoms with Crippen LogP contribution in [-0.2, 0) is 14.2 Å². The highest BCUT2D eigenvalue weighted by molar-refractivity contribution is 7.63. The third kappa shape index (κ3) is 5.29. The van der Waals surface area contributed by atoms with Gasteiger partial charge in [-0.15, -0.1) is 0 Å². The van der Waals surface area contributed by atoms with E-state index in [2.05, 4.69) is 0 Å². The number of likely N-dealkylation sites (N-methyl/N-ethyl adjacent to an activating group) is 1. The average Bonchev–Trinajstić information content (AvgIpc) is 2.43. The molecule has 2 unspecified atom stereocenters. The van der Waals surface area contributed by atoms with Gasteiger partial charge in [0.1, 0.15) is 6.04 Å². The summed E-state index contributed by atoms with van der Waals surface area (Å²) in [5.74, 6) is -0.874. The molecule has 0 fully saturated rings. The minimum absolute atomic E-state index is 0.0735. The summed E-state index contributed by atoms with van der Waals surface area (Å²) in [6.07, 6.45) is 6.26. The maximum Gasteiger partial charge on any atom is 0.268 e. The summed E-state index contributed by atoms with van der Waals surface area (Å²) in [7, 11) is -0.994. The second-order valence-electron chi connectivity index (χ2n) is 6.02. The van der Waals surface area contributed by atoms with Crippen LogP contribution in [-0.4, -0.2) is 65.6 Å². The number of nitrogens with zero attached hydrogens (tertiary/aromatic N) is 2. The monoisotopic (exact) mass is 316 g/mol. The van der Waals surface area contributed by atoms with Gasteiger partial charge in [-0.3, -0.25) is 14.8 Å². The Morgan fingerprint density at radius 3 is 2.52 bits per heavy atom. The standard InChI is InChI=1S/C14H25N2O4P/c1-11(15(2)13(17)10-21(3,4)20)14(18)16(19)12-8-6-5-7-9-12/h6,8,11-12,19H,5,7,9-10H2,1-4H3. The maximum absolute atomic E-state index is 12.2. The Balaban J connectivity index is 2.68. The zero-order valence-corrected chi connectivity index (χ0v) is 14.0. The fourth-order valence-corrected chi connectivity index (χ4v) is 3.05. The number of allylic oxidation sites excluding steroid dienone is 1. The summed E-state index contributed by atoms with van der Waals surface area (Å²) in [6.45, 7) is 4.64. The first-order chi connectivity index (χ1) is 9.63. The Labute approximate surface area is 126 Å². The molecular weight excluding hydrogens is 291 g/mol. The number of rotatable bonds is 5. The number of amides is 2. The van der Waals surface area contributed by atoms with Crippen LogP contribution in [0, 0.1) is 0 Å². The molecule has 0 saturated heterocycles. The van der Waals surface area contributed by atoms with Crippen molar-refractivity contribution in [1.82, 2.24) is 9.96 Å². The van der Waals surface area contributed by atoms with Gasteiger partial charge in [0, 0.05) is 7.05 Å². The van der Waals surface area contributed by atoms with E-state index in [9.17, 15) is 19.4 Å². The van der Waals surface area contributed by atoms with Crippen molar-refractivity contribution in [2.45, 2.75) is 38.3 Å². The van der Waals surface area contributed by atoms with E-state index in [1.54, 1.807) is 6.92 Å². The van der Waals surface area contributed by atoms with E-state index < -0.39 is 19.1 Å². The molecule has 0 radical (unpaired) electrons. The van der Waals surface area contributed by atoms with Crippen molar-refractivity contribution < 1.29 is 19.4 Å². The van der Waals surface area contributed by atoms with E-state index >= 15 is 0 Å². The number of hydrogen-bond donors (Lipinski definition) is 1. The van der Waals surface area contributed by atoms with E-state index in [1.807, 2.05) is 12.2 Å². The summed E-state index contributed by atoms with van der Waals surface area (Å²) in [6, 6.07) is -1.12. The first kappa shape index (κ1) is 17.9. The highest BCUT2D eigenvalue weighted by Gasteiger charge is 2.31. The van der Waals surface area contributed by atoms with Gasteiger partial charge in [-0.05, 0) is 39.5 Å². The molecule has 2 amide bonds. The lowest BCUT2D eigenvalue weighted by Gasteiger charge is -2.31. The maximum atomic E-state index is 12.2. The molecule has 0 aliphatic heterocycles. The summed E-state index contributed by atoms with van der Waals surface area (Å²) < 4.78 is 11.7. The summed E-state index contributed by atoms with van der Waals surface area (Å²) in [5, 5.41) is 10.7. The molecular formula is C14H25N2O4P. The van der Waals surface area contributed by atoms with Crippen LogP contribution in [0.15, 0.2) is 12.2 Å². The predicted molar refractivity (Wildman–Crippen MR) is 82.0 cm³/mol. The largest absolute Gasteiger partial charge is 0.334 e. The van der Waals surface area contributed by atoms with E-state index in [0.717, 1.165) is 12.8 Å². The molecule has 0 saturated carbocycles. The molecule has 0 aromatic rings. The number of hydrogen-bond acceptors (Lipinski definition) is 4. The molecule has 0 aromatic heterocycles. The summed E-state index contributed by atoms with van der Waals surface area (Å²) >= 11 is 0. The van der Waals surface area contributed by atoms with Crippen LogP contribution in [0.5, 0.6) is 0 Å². The van der Waals surface area contributed by atoms with Crippen LogP contribution < -0.4 is 0 Å². The van der Waals surface area contributed by atoms with Crippen LogP contribution in [0.1, 0.15) is 26.2 Å². The van der Waals surface area contributed by atoms with Crippen LogP contribution in [0.4, 0.5) is 0 Å². The Morgan fingerprint density at radius 1 is 1.43 bits per heavy atom. The molecule has 120 valence electrons. The Kier molecular flexibility index (Phi) is 6.17. The fraction of sp³-hybridized carbons (Fsp3) is 0.714. The number of carbonyl (C=O) groups is 2. The zero-order chi connectivity index (χ0) is 16.2. The molecule has 7 heteroatoms. The van der Waals surface area contributed by atoms with Crippen molar-refractivity contribution in [2.24, 2.45) is 0 Å². The second kappa shape index (κ2) is 7.23. The first-order valence-electron chi connectivity index (χ1n) is 7.12. The van der Waals surface area contributed by atoms with Crippen LogP contribution in [0.25, 0.3) is 0 Å². The van der Waals surface area contributed by atoms with E-state index in [0.29, 0.717) is 11.5 Å².